The fourth-order valence-electron chi connectivity index (χ4n) is 0. The lowest BCUT2D eigenvalue weighted by Crippen LogP contribution is -2.03. The fourth-order valence-corrected chi connectivity index (χ4v) is 0. The Morgan fingerprint density at radius 2 is 1.83 bits per heavy atom. The van der Waals surface area contributed by atoms with E-state index in [2.05, 4.69) is 5.18 Å². The van der Waals surface area contributed by atoms with Crippen LogP contribution in [0.15, 0.2) is 5.18 Å². The van der Waals surface area contributed by atoms with Gasteiger partial charge in [-0.2, -0.15) is 0 Å². The molecule has 0 aromatic rings. The van der Waals surface area contributed by atoms with Gasteiger partial charge in [0, 0.05) is 0 Å². The van der Waals surface area contributed by atoms with Crippen LogP contribution in [0, 0.1) is 4.91 Å². The zero-order valence-corrected chi connectivity index (χ0v) is 3.73. The minimum Gasteiger partial charge on any atom is -0.215 e. The lowest BCUT2D eigenvalue weighted by Gasteiger charge is -1.96. The van der Waals surface area contributed by atoms with E-state index in [1.165, 1.54) is 0 Å². The maximum atomic E-state index is 11.6. The van der Waals surface area contributed by atoms with Crippen molar-refractivity contribution in [2.24, 2.45) is 5.18 Å². The molecule has 6 heavy (non-hydrogen) atoms. The van der Waals surface area contributed by atoms with Crippen LogP contribution in [-0.2, 0) is 0 Å². The summed E-state index contributed by atoms with van der Waals surface area (Å²) in [6, 6.07) is 0. The van der Waals surface area contributed by atoms with Gasteiger partial charge in [0.05, 0.1) is 0 Å². The van der Waals surface area contributed by atoms with Crippen molar-refractivity contribution in [1.82, 2.24) is 0 Å². The Morgan fingerprint density at radius 3 is 1.83 bits per heavy atom. The molecule has 0 rings (SSSR count). The van der Waals surface area contributed by atoms with E-state index in [0.717, 1.165) is 13.8 Å². The van der Waals surface area contributed by atoms with Gasteiger partial charge in [0.25, 0.3) is 0 Å². The summed E-state index contributed by atoms with van der Waals surface area (Å²) in [6.07, 6.45) is 0. The van der Waals surface area contributed by atoms with Crippen molar-refractivity contribution in [3.05, 3.63) is 4.91 Å². The minimum atomic E-state index is -1.89. The van der Waals surface area contributed by atoms with Crippen molar-refractivity contribution in [1.29, 1.82) is 0 Å². The van der Waals surface area contributed by atoms with Gasteiger partial charge in [0.1, 0.15) is 0 Å². The van der Waals surface area contributed by atoms with E-state index >= 15 is 0 Å². The minimum absolute atomic E-state index is 1.10. The number of hydrogen-bond acceptors (Lipinski definition) is 2. The van der Waals surface area contributed by atoms with Crippen LogP contribution in [0.2, 0.25) is 0 Å². The van der Waals surface area contributed by atoms with E-state index in [9.17, 15) is 9.30 Å². The molecule has 0 saturated heterocycles. The second kappa shape index (κ2) is 1.32. The average Bonchev–Trinajstić information content (AvgIpc) is 1.35. The van der Waals surface area contributed by atoms with Crippen LogP contribution in [0.1, 0.15) is 13.8 Å². The number of alkyl halides is 1. The smallest absolute Gasteiger partial charge is 0.215 e. The van der Waals surface area contributed by atoms with Crippen molar-refractivity contribution < 1.29 is 4.39 Å². The Bertz CT molecular complexity index is 56.3. The number of nitrogens with zero attached hydrogens (tertiary/aromatic N) is 1. The van der Waals surface area contributed by atoms with Crippen LogP contribution in [0.3, 0.4) is 0 Å². The molecule has 0 aliphatic carbocycles. The number of rotatable bonds is 1. The molecule has 0 saturated carbocycles. The third-order valence-electron chi connectivity index (χ3n) is 0.217. The standard InChI is InChI=1S/C3H6FNO/c1-3(2,4)5-6/h1-2H3. The molecule has 0 bridgehead atoms. The van der Waals surface area contributed by atoms with E-state index in [4.69, 9.17) is 0 Å². The van der Waals surface area contributed by atoms with Gasteiger partial charge in [-0.05, 0) is 19.0 Å². The highest BCUT2D eigenvalue weighted by Gasteiger charge is 2.12. The van der Waals surface area contributed by atoms with Crippen LogP contribution in [-0.4, -0.2) is 5.79 Å². The Morgan fingerprint density at radius 1 is 1.67 bits per heavy atom. The molecule has 0 N–H and O–H groups in total. The van der Waals surface area contributed by atoms with Crippen molar-refractivity contribution in [2.45, 2.75) is 19.6 Å². The van der Waals surface area contributed by atoms with Gasteiger partial charge in [-0.15, -0.1) is 4.91 Å². The molecule has 0 amide bonds. The molecule has 0 aromatic carbocycles. The number of halogens is 1. The lowest BCUT2D eigenvalue weighted by molar-refractivity contribution is 0.229. The Hall–Kier alpha value is -0.470. The second-order valence-electron chi connectivity index (χ2n) is 1.50. The molecule has 0 aliphatic heterocycles. The van der Waals surface area contributed by atoms with Gasteiger partial charge >= 0.3 is 0 Å². The van der Waals surface area contributed by atoms with Crippen LogP contribution in [0.25, 0.3) is 0 Å². The predicted octanol–water partition coefficient (Wildman–Crippen LogP) is 1.46. The zero-order valence-electron chi connectivity index (χ0n) is 3.73. The molecule has 0 radical (unpaired) electrons. The summed E-state index contributed by atoms with van der Waals surface area (Å²) in [5.74, 6) is -1.89. The van der Waals surface area contributed by atoms with Gasteiger partial charge in [0.15, 0.2) is 0 Å². The molecule has 2 nitrogen and oxygen atoms in total. The summed E-state index contributed by atoms with van der Waals surface area (Å²) >= 11 is 0. The lowest BCUT2D eigenvalue weighted by atomic mass is 10.4. The average molecular weight is 91.1 g/mol. The fraction of sp³-hybridized carbons (Fsp3) is 1.00. The molecule has 0 heterocycles. The highest BCUT2D eigenvalue weighted by atomic mass is 19.1. The van der Waals surface area contributed by atoms with Crippen LogP contribution in [0.4, 0.5) is 4.39 Å². The molecule has 0 aliphatic rings. The molecule has 36 valence electrons. The molecule has 0 fully saturated rings. The summed E-state index contributed by atoms with van der Waals surface area (Å²) < 4.78 is 11.6. The van der Waals surface area contributed by atoms with Gasteiger partial charge in [-0.3, -0.25) is 0 Å². The largest absolute Gasteiger partial charge is 0.234 e. The van der Waals surface area contributed by atoms with E-state index in [-0.39, 0.29) is 0 Å². The first-order valence-corrected chi connectivity index (χ1v) is 1.60. The highest BCUT2D eigenvalue weighted by Crippen LogP contribution is 2.06. The quantitative estimate of drug-likeness (QED) is 0.355. The zero-order chi connectivity index (χ0) is 5.21. The summed E-state index contributed by atoms with van der Waals surface area (Å²) in [5.41, 5.74) is 0. The first-order valence-electron chi connectivity index (χ1n) is 1.60. The third kappa shape index (κ3) is 3.53. The summed E-state index contributed by atoms with van der Waals surface area (Å²) in [5, 5.41) is 2.10. The van der Waals surface area contributed by atoms with Gasteiger partial charge in [0.2, 0.25) is 5.79 Å². The third-order valence-corrected chi connectivity index (χ3v) is 0.217. The summed E-state index contributed by atoms with van der Waals surface area (Å²) in [7, 11) is 0. The van der Waals surface area contributed by atoms with E-state index in [1.54, 1.807) is 0 Å². The maximum Gasteiger partial charge on any atom is 0.234 e. The molecule has 0 aromatic heterocycles. The molecule has 0 spiro atoms. The van der Waals surface area contributed by atoms with Crippen molar-refractivity contribution >= 4 is 0 Å². The van der Waals surface area contributed by atoms with E-state index in [0.29, 0.717) is 0 Å². The molecule has 0 atom stereocenters. The Labute approximate surface area is 35.3 Å². The summed E-state index contributed by atoms with van der Waals surface area (Å²) in [4.78, 5) is 9.20. The maximum absolute atomic E-state index is 11.6. The van der Waals surface area contributed by atoms with E-state index in [1.807, 2.05) is 0 Å². The second-order valence-corrected chi connectivity index (χ2v) is 1.50. The predicted molar refractivity (Wildman–Crippen MR) is 21.0 cm³/mol. The molecular formula is C3H6FNO. The van der Waals surface area contributed by atoms with Gasteiger partial charge in [-0.25, -0.2) is 4.39 Å². The van der Waals surface area contributed by atoms with E-state index < -0.39 is 5.79 Å². The summed E-state index contributed by atoms with van der Waals surface area (Å²) in [6.45, 7) is 2.19. The molecular weight excluding hydrogens is 85.0 g/mol. The normalized spacial score (nSPS) is 11.2. The SMILES string of the molecule is CC(C)(F)N=O. The van der Waals surface area contributed by atoms with Gasteiger partial charge in [-0.1, -0.05) is 0 Å². The highest BCUT2D eigenvalue weighted by molar-refractivity contribution is 4.57. The van der Waals surface area contributed by atoms with Crippen LogP contribution in [0.5, 0.6) is 0 Å². The Kier molecular flexibility index (Phi) is 1.22. The number of hydrogen-bond donors (Lipinski definition) is 0. The van der Waals surface area contributed by atoms with Crippen molar-refractivity contribution in [3.8, 4) is 0 Å². The topological polar surface area (TPSA) is 29.4 Å². The van der Waals surface area contributed by atoms with Gasteiger partial charge < -0.3 is 0 Å². The molecule has 0 unspecified atom stereocenters. The number of nitroso groups, excluding NO2 is 1. The molecule has 3 heteroatoms. The first-order chi connectivity index (χ1) is 2.56. The van der Waals surface area contributed by atoms with Crippen molar-refractivity contribution in [2.75, 3.05) is 0 Å². The van der Waals surface area contributed by atoms with Crippen molar-refractivity contribution in [3.63, 3.8) is 0 Å². The Balaban J connectivity index is 3.45. The van der Waals surface area contributed by atoms with Crippen LogP contribution >= 0.6 is 0 Å². The van der Waals surface area contributed by atoms with Crippen LogP contribution < -0.4 is 0 Å². The monoisotopic (exact) mass is 91.0 g/mol. The first kappa shape index (κ1) is 5.53.